The maximum atomic E-state index is 12.7. The van der Waals surface area contributed by atoms with E-state index in [1.165, 1.54) is 22.5 Å². The lowest BCUT2D eigenvalue weighted by Crippen LogP contribution is -2.39. The highest BCUT2D eigenvalue weighted by Crippen LogP contribution is 2.52. The maximum absolute atomic E-state index is 12.7. The quantitative estimate of drug-likeness (QED) is 0.624. The summed E-state index contributed by atoms with van der Waals surface area (Å²) in [5.41, 5.74) is 4.18. The Hall–Kier alpha value is -2.80. The molecule has 1 aliphatic heterocycles. The van der Waals surface area contributed by atoms with E-state index < -0.39 is 5.91 Å². The van der Waals surface area contributed by atoms with Gasteiger partial charge < -0.3 is 5.32 Å². The summed E-state index contributed by atoms with van der Waals surface area (Å²) in [6.45, 7) is 3.86. The fourth-order valence-corrected chi connectivity index (χ4v) is 5.52. The minimum atomic E-state index is -0.395. The molecule has 1 aromatic heterocycles. The Morgan fingerprint density at radius 2 is 1.83 bits per heavy atom. The van der Waals surface area contributed by atoms with Crippen molar-refractivity contribution in [2.45, 2.75) is 20.3 Å². The predicted octanol–water partition coefficient (Wildman–Crippen LogP) is 3.17. The number of allylic oxidation sites excluding steroid dienone is 2. The fourth-order valence-electron chi connectivity index (χ4n) is 4.79. The Kier molecular flexibility index (Phi) is 4.17. The Bertz CT molecular complexity index is 1040. The highest BCUT2D eigenvalue weighted by Gasteiger charge is 2.59. The van der Waals surface area contributed by atoms with Crippen LogP contribution in [0.5, 0.6) is 0 Å². The van der Waals surface area contributed by atoms with Gasteiger partial charge in [-0.2, -0.15) is 0 Å². The minimum Gasteiger partial charge on any atom is -0.300 e. The lowest BCUT2D eigenvalue weighted by atomic mass is 9.85. The van der Waals surface area contributed by atoms with E-state index in [-0.39, 0.29) is 42.0 Å². The third kappa shape index (κ3) is 2.92. The zero-order valence-electron chi connectivity index (χ0n) is 16.2. The summed E-state index contributed by atoms with van der Waals surface area (Å²) in [5.74, 6) is -1.07. The van der Waals surface area contributed by atoms with Gasteiger partial charge in [0.25, 0.3) is 0 Å². The molecule has 29 heavy (non-hydrogen) atoms. The van der Waals surface area contributed by atoms with Crippen molar-refractivity contribution in [1.29, 1.82) is 0 Å². The molecule has 6 nitrogen and oxygen atoms in total. The number of rotatable bonds is 4. The predicted molar refractivity (Wildman–Crippen MR) is 110 cm³/mol. The molecule has 3 amide bonds. The summed E-state index contributed by atoms with van der Waals surface area (Å²) in [6, 6.07) is 6.12. The van der Waals surface area contributed by atoms with Gasteiger partial charge in [0.05, 0.1) is 17.5 Å². The van der Waals surface area contributed by atoms with Crippen molar-refractivity contribution in [2.75, 3.05) is 11.9 Å². The van der Waals surface area contributed by atoms with Gasteiger partial charge in [-0.15, -0.1) is 11.3 Å². The smallest absolute Gasteiger partial charge is 0.246 e. The second kappa shape index (κ2) is 6.62. The van der Waals surface area contributed by atoms with Crippen molar-refractivity contribution in [1.82, 2.24) is 9.88 Å². The summed E-state index contributed by atoms with van der Waals surface area (Å²) < 4.78 is 0. The van der Waals surface area contributed by atoms with Gasteiger partial charge >= 0.3 is 0 Å². The SMILES string of the molecule is Cc1ccc(-c2csc(NC(=O)CN3C(=O)C4C5C=CC(C5)C4C3=O)n2)cc1C. The Labute approximate surface area is 172 Å². The molecule has 4 unspecified atom stereocenters. The second-order valence-corrected chi connectivity index (χ2v) is 9.01. The number of nitrogens with zero attached hydrogens (tertiary/aromatic N) is 2. The summed E-state index contributed by atoms with van der Waals surface area (Å²) in [6.07, 6.45) is 4.97. The number of benzene rings is 1. The molecular formula is C22H21N3O3S. The molecule has 1 saturated heterocycles. The molecule has 0 radical (unpaired) electrons. The fraction of sp³-hybridized carbons (Fsp3) is 0.364. The molecular weight excluding hydrogens is 386 g/mol. The maximum Gasteiger partial charge on any atom is 0.246 e. The number of anilines is 1. The number of nitrogens with one attached hydrogen (secondary N) is 1. The molecule has 4 atom stereocenters. The molecule has 2 heterocycles. The van der Waals surface area contributed by atoms with E-state index in [0.717, 1.165) is 22.6 Å². The minimum absolute atomic E-state index is 0.147. The van der Waals surface area contributed by atoms with E-state index >= 15 is 0 Å². The molecule has 1 saturated carbocycles. The Morgan fingerprint density at radius 1 is 1.14 bits per heavy atom. The van der Waals surface area contributed by atoms with Crippen LogP contribution in [0.15, 0.2) is 35.7 Å². The number of hydrogen-bond acceptors (Lipinski definition) is 5. The monoisotopic (exact) mass is 407 g/mol. The van der Waals surface area contributed by atoms with E-state index in [4.69, 9.17) is 0 Å². The van der Waals surface area contributed by atoms with Crippen molar-refractivity contribution in [3.8, 4) is 11.3 Å². The van der Waals surface area contributed by atoms with E-state index in [0.29, 0.717) is 5.13 Å². The number of imide groups is 1. The van der Waals surface area contributed by atoms with Crippen molar-refractivity contribution in [3.63, 3.8) is 0 Å². The molecule has 2 bridgehead atoms. The average Bonchev–Trinajstić information content (AvgIpc) is 3.46. The largest absolute Gasteiger partial charge is 0.300 e. The van der Waals surface area contributed by atoms with Gasteiger partial charge in [0.1, 0.15) is 6.54 Å². The van der Waals surface area contributed by atoms with Crippen LogP contribution in [-0.4, -0.2) is 34.2 Å². The number of carbonyl (C=O) groups excluding carboxylic acids is 3. The van der Waals surface area contributed by atoms with Crippen LogP contribution in [0.3, 0.4) is 0 Å². The third-order valence-electron chi connectivity index (χ3n) is 6.42. The molecule has 2 fully saturated rings. The average molecular weight is 407 g/mol. The lowest BCUT2D eigenvalue weighted by molar-refractivity contribution is -0.143. The van der Waals surface area contributed by atoms with Gasteiger partial charge in [0.15, 0.2) is 5.13 Å². The van der Waals surface area contributed by atoms with Crippen LogP contribution in [0.4, 0.5) is 5.13 Å². The third-order valence-corrected chi connectivity index (χ3v) is 7.17. The van der Waals surface area contributed by atoms with E-state index in [9.17, 15) is 14.4 Å². The zero-order chi connectivity index (χ0) is 20.3. The molecule has 1 aromatic carbocycles. The summed E-state index contributed by atoms with van der Waals surface area (Å²) in [5, 5.41) is 5.09. The molecule has 1 N–H and O–H groups in total. The van der Waals surface area contributed by atoms with Crippen LogP contribution in [0.2, 0.25) is 0 Å². The van der Waals surface area contributed by atoms with Crippen LogP contribution in [0, 0.1) is 37.5 Å². The van der Waals surface area contributed by atoms with Gasteiger partial charge in [-0.25, -0.2) is 4.98 Å². The molecule has 7 heteroatoms. The van der Waals surface area contributed by atoms with Crippen LogP contribution in [-0.2, 0) is 14.4 Å². The first-order chi connectivity index (χ1) is 13.9. The first-order valence-corrected chi connectivity index (χ1v) is 10.7. The van der Waals surface area contributed by atoms with Crippen molar-refractivity contribution in [3.05, 3.63) is 46.9 Å². The van der Waals surface area contributed by atoms with Gasteiger partial charge in [-0.3, -0.25) is 19.3 Å². The number of carbonyl (C=O) groups is 3. The normalized spacial score (nSPS) is 27.0. The number of aryl methyl sites for hydroxylation is 2. The van der Waals surface area contributed by atoms with E-state index in [2.05, 4.69) is 30.2 Å². The van der Waals surface area contributed by atoms with Crippen molar-refractivity contribution >= 4 is 34.2 Å². The van der Waals surface area contributed by atoms with Crippen LogP contribution in [0.25, 0.3) is 11.3 Å². The molecule has 148 valence electrons. The molecule has 2 aromatic rings. The zero-order valence-corrected chi connectivity index (χ0v) is 17.0. The van der Waals surface area contributed by atoms with Crippen molar-refractivity contribution in [2.24, 2.45) is 23.7 Å². The first kappa shape index (κ1) is 18.2. The van der Waals surface area contributed by atoms with Gasteiger partial charge in [-0.1, -0.05) is 24.3 Å². The van der Waals surface area contributed by atoms with Crippen LogP contribution in [0.1, 0.15) is 17.5 Å². The number of fused-ring (bicyclic) bond motifs is 5. The molecule has 2 aliphatic carbocycles. The van der Waals surface area contributed by atoms with Crippen LogP contribution >= 0.6 is 11.3 Å². The number of thiazole rings is 1. The summed E-state index contributed by atoms with van der Waals surface area (Å²) in [7, 11) is 0. The standard InChI is InChI=1S/C22H21N3O3S/c1-11-3-4-13(7-12(11)2)16-10-29-22(23-16)24-17(26)9-25-20(27)18-14-5-6-15(8-14)19(18)21(25)28/h3-7,10,14-15,18-19H,8-9H2,1-2H3,(H,23,24,26). The lowest BCUT2D eigenvalue weighted by Gasteiger charge is -2.16. The number of aromatic nitrogens is 1. The topological polar surface area (TPSA) is 79.4 Å². The highest BCUT2D eigenvalue weighted by molar-refractivity contribution is 7.14. The molecule has 5 rings (SSSR count). The van der Waals surface area contributed by atoms with Gasteiger partial charge in [-0.05, 0) is 49.3 Å². The Morgan fingerprint density at radius 3 is 2.48 bits per heavy atom. The summed E-state index contributed by atoms with van der Waals surface area (Å²) >= 11 is 1.33. The number of hydrogen-bond donors (Lipinski definition) is 1. The highest BCUT2D eigenvalue weighted by atomic mass is 32.1. The van der Waals surface area contributed by atoms with Crippen molar-refractivity contribution < 1.29 is 14.4 Å². The number of likely N-dealkylation sites (tertiary alicyclic amines) is 1. The second-order valence-electron chi connectivity index (χ2n) is 8.15. The van der Waals surface area contributed by atoms with Gasteiger partial charge in [0, 0.05) is 10.9 Å². The van der Waals surface area contributed by atoms with Gasteiger partial charge in [0.2, 0.25) is 17.7 Å². The van der Waals surface area contributed by atoms with Crippen LogP contribution < -0.4 is 5.32 Å². The Balaban J connectivity index is 1.26. The molecule has 3 aliphatic rings. The van der Waals surface area contributed by atoms with E-state index in [1.54, 1.807) is 0 Å². The molecule has 0 spiro atoms. The first-order valence-electron chi connectivity index (χ1n) is 9.79. The van der Waals surface area contributed by atoms with E-state index in [1.807, 2.05) is 29.7 Å². The number of amides is 3. The summed E-state index contributed by atoms with van der Waals surface area (Å²) in [4.78, 5) is 43.5.